The van der Waals surface area contributed by atoms with Crippen LogP contribution in [0.1, 0.15) is 42.3 Å². The molecule has 1 unspecified atom stereocenters. The Morgan fingerprint density at radius 2 is 1.94 bits per heavy atom. The van der Waals surface area contributed by atoms with E-state index in [9.17, 15) is 4.79 Å². The minimum Gasteiger partial charge on any atom is -0.451 e. The zero-order valence-corrected chi connectivity index (χ0v) is 20.1. The van der Waals surface area contributed by atoms with Gasteiger partial charge >= 0.3 is 0 Å². The molecule has 1 aliphatic rings. The standard InChI is InChI=1S/C28H34N4O2/c1-3-4-7-22(16-21-19-29-25-9-6-5-8-24(21)25)30-28(33)27-17-20-10-11-23(18-26(20)34-27)32-14-12-31(2)13-15-32/h5-6,8-11,17-19,22,29H,3-4,7,12-16H2,1-2H3,(H,30,33). The Morgan fingerprint density at radius 1 is 1.12 bits per heavy atom. The molecule has 1 saturated heterocycles. The van der Waals surface area contributed by atoms with Gasteiger partial charge in [0.25, 0.3) is 5.91 Å². The van der Waals surface area contributed by atoms with E-state index in [2.05, 4.69) is 76.7 Å². The number of H-pyrrole nitrogens is 1. The third-order valence-corrected chi connectivity index (χ3v) is 6.98. The smallest absolute Gasteiger partial charge is 0.287 e. The number of likely N-dealkylation sites (N-methyl/N-ethyl adjacent to an activating group) is 1. The van der Waals surface area contributed by atoms with Gasteiger partial charge in [-0.2, -0.15) is 0 Å². The Kier molecular flexibility index (Phi) is 6.59. The van der Waals surface area contributed by atoms with Crippen LogP contribution >= 0.6 is 0 Å². The number of carbonyl (C=O) groups excluding carboxylic acids is 1. The van der Waals surface area contributed by atoms with Crippen LogP contribution in [-0.2, 0) is 6.42 Å². The van der Waals surface area contributed by atoms with E-state index in [4.69, 9.17) is 4.42 Å². The molecule has 6 heteroatoms. The number of unbranched alkanes of at least 4 members (excludes halogenated alkanes) is 1. The lowest BCUT2D eigenvalue weighted by atomic mass is 10.0. The van der Waals surface area contributed by atoms with Gasteiger partial charge in [-0.25, -0.2) is 0 Å². The summed E-state index contributed by atoms with van der Waals surface area (Å²) in [5.74, 6) is 0.240. The van der Waals surface area contributed by atoms with Crippen molar-refractivity contribution in [1.29, 1.82) is 0 Å². The lowest BCUT2D eigenvalue weighted by Crippen LogP contribution is -2.44. The molecule has 1 amide bonds. The number of hydrogen-bond donors (Lipinski definition) is 2. The first-order chi connectivity index (χ1) is 16.6. The molecule has 178 valence electrons. The molecule has 34 heavy (non-hydrogen) atoms. The minimum atomic E-state index is -0.140. The van der Waals surface area contributed by atoms with Crippen molar-refractivity contribution in [2.75, 3.05) is 38.1 Å². The predicted octanol–water partition coefficient (Wildman–Crippen LogP) is 5.20. The number of nitrogens with zero attached hydrogens (tertiary/aromatic N) is 2. The lowest BCUT2D eigenvalue weighted by Gasteiger charge is -2.33. The number of furan rings is 1. The van der Waals surface area contributed by atoms with Gasteiger partial charge < -0.3 is 24.5 Å². The number of para-hydroxylation sites is 1. The molecule has 0 radical (unpaired) electrons. The van der Waals surface area contributed by atoms with Crippen molar-refractivity contribution in [3.63, 3.8) is 0 Å². The number of aromatic nitrogens is 1. The Balaban J connectivity index is 1.31. The number of aromatic amines is 1. The molecular weight excluding hydrogens is 424 g/mol. The van der Waals surface area contributed by atoms with Gasteiger partial charge in [0.1, 0.15) is 5.58 Å². The summed E-state index contributed by atoms with van der Waals surface area (Å²) >= 11 is 0. The molecule has 2 aromatic carbocycles. The number of carbonyl (C=O) groups is 1. The van der Waals surface area contributed by atoms with Crippen LogP contribution in [0.4, 0.5) is 5.69 Å². The Hall–Kier alpha value is -3.25. The number of anilines is 1. The van der Waals surface area contributed by atoms with Crippen LogP contribution in [0.25, 0.3) is 21.9 Å². The maximum atomic E-state index is 13.2. The van der Waals surface area contributed by atoms with Crippen molar-refractivity contribution in [1.82, 2.24) is 15.2 Å². The molecule has 2 N–H and O–H groups in total. The van der Waals surface area contributed by atoms with E-state index in [1.54, 1.807) is 0 Å². The van der Waals surface area contributed by atoms with Crippen molar-refractivity contribution in [3.05, 3.63) is 66.1 Å². The molecule has 0 saturated carbocycles. The van der Waals surface area contributed by atoms with Crippen LogP contribution in [0.5, 0.6) is 0 Å². The van der Waals surface area contributed by atoms with Crippen LogP contribution in [0, 0.1) is 0 Å². The van der Waals surface area contributed by atoms with Crippen LogP contribution < -0.4 is 10.2 Å². The summed E-state index contributed by atoms with van der Waals surface area (Å²) in [5.41, 5.74) is 4.29. The molecular formula is C28H34N4O2. The van der Waals surface area contributed by atoms with Crippen LogP contribution in [-0.4, -0.2) is 55.1 Å². The van der Waals surface area contributed by atoms with Gasteiger partial charge in [-0.15, -0.1) is 0 Å². The third-order valence-electron chi connectivity index (χ3n) is 6.98. The van der Waals surface area contributed by atoms with E-state index in [1.807, 2.05) is 12.1 Å². The molecule has 0 bridgehead atoms. The molecule has 0 spiro atoms. The van der Waals surface area contributed by atoms with Gasteiger partial charge in [0.15, 0.2) is 5.76 Å². The number of amides is 1. The van der Waals surface area contributed by atoms with Crippen molar-refractivity contribution in [2.45, 2.75) is 38.6 Å². The maximum absolute atomic E-state index is 13.2. The van der Waals surface area contributed by atoms with E-state index >= 15 is 0 Å². The molecule has 6 nitrogen and oxygen atoms in total. The highest BCUT2D eigenvalue weighted by atomic mass is 16.3. The number of piperazine rings is 1. The van der Waals surface area contributed by atoms with E-state index in [0.29, 0.717) is 5.76 Å². The average Bonchev–Trinajstić information content (AvgIpc) is 3.47. The van der Waals surface area contributed by atoms with Crippen LogP contribution in [0.3, 0.4) is 0 Å². The number of benzene rings is 2. The average molecular weight is 459 g/mol. The highest BCUT2D eigenvalue weighted by molar-refractivity contribution is 5.97. The predicted molar refractivity (Wildman–Crippen MR) is 139 cm³/mol. The highest BCUT2D eigenvalue weighted by Gasteiger charge is 2.20. The molecule has 1 fully saturated rings. The fourth-order valence-electron chi connectivity index (χ4n) is 4.89. The van der Waals surface area contributed by atoms with E-state index in [0.717, 1.165) is 74.0 Å². The first-order valence-corrected chi connectivity index (χ1v) is 12.4. The second kappa shape index (κ2) is 9.94. The molecule has 1 atom stereocenters. The van der Waals surface area contributed by atoms with Crippen molar-refractivity contribution >= 4 is 33.5 Å². The fraction of sp³-hybridized carbons (Fsp3) is 0.393. The molecule has 4 aromatic rings. The second-order valence-electron chi connectivity index (χ2n) is 9.50. The molecule has 0 aliphatic carbocycles. The van der Waals surface area contributed by atoms with Crippen molar-refractivity contribution in [2.24, 2.45) is 0 Å². The fourth-order valence-corrected chi connectivity index (χ4v) is 4.89. The number of fused-ring (bicyclic) bond motifs is 2. The zero-order chi connectivity index (χ0) is 23.5. The summed E-state index contributed by atoms with van der Waals surface area (Å²) in [7, 11) is 2.16. The minimum absolute atomic E-state index is 0.0563. The Bertz CT molecular complexity index is 1270. The van der Waals surface area contributed by atoms with Gasteiger partial charge in [0.2, 0.25) is 0 Å². The summed E-state index contributed by atoms with van der Waals surface area (Å²) in [4.78, 5) is 21.2. The van der Waals surface area contributed by atoms with Gasteiger partial charge in [0, 0.05) is 66.5 Å². The molecule has 2 aromatic heterocycles. The van der Waals surface area contributed by atoms with E-state index in [-0.39, 0.29) is 11.9 Å². The summed E-state index contributed by atoms with van der Waals surface area (Å²) < 4.78 is 6.04. The van der Waals surface area contributed by atoms with Crippen molar-refractivity contribution < 1.29 is 9.21 Å². The van der Waals surface area contributed by atoms with Gasteiger partial charge in [0.05, 0.1) is 0 Å². The topological polar surface area (TPSA) is 64.5 Å². The van der Waals surface area contributed by atoms with Crippen LogP contribution in [0.2, 0.25) is 0 Å². The normalized spacial score (nSPS) is 15.8. The van der Waals surface area contributed by atoms with E-state index in [1.165, 1.54) is 10.9 Å². The monoisotopic (exact) mass is 458 g/mol. The SMILES string of the molecule is CCCCC(Cc1c[nH]c2ccccc12)NC(=O)c1cc2ccc(N3CCN(C)CC3)cc2o1. The summed E-state index contributed by atoms with van der Waals surface area (Å²) in [6, 6.07) is 16.5. The maximum Gasteiger partial charge on any atom is 0.287 e. The van der Waals surface area contributed by atoms with Gasteiger partial charge in [-0.1, -0.05) is 38.0 Å². The summed E-state index contributed by atoms with van der Waals surface area (Å²) in [6.45, 7) is 6.30. The number of rotatable bonds is 8. The Labute approximate surface area is 200 Å². The van der Waals surface area contributed by atoms with Gasteiger partial charge in [-0.3, -0.25) is 4.79 Å². The van der Waals surface area contributed by atoms with E-state index < -0.39 is 0 Å². The summed E-state index contributed by atoms with van der Waals surface area (Å²) in [5, 5.41) is 5.44. The van der Waals surface area contributed by atoms with Crippen LogP contribution in [0.15, 0.2) is 59.1 Å². The highest BCUT2D eigenvalue weighted by Crippen LogP contribution is 2.26. The van der Waals surface area contributed by atoms with Gasteiger partial charge in [-0.05, 0) is 49.7 Å². The first kappa shape index (κ1) is 22.5. The third kappa shape index (κ3) is 4.82. The summed E-state index contributed by atoms with van der Waals surface area (Å²) in [6.07, 6.45) is 5.97. The largest absolute Gasteiger partial charge is 0.451 e. The number of nitrogens with one attached hydrogen (secondary N) is 2. The molecule has 5 rings (SSSR count). The van der Waals surface area contributed by atoms with Crippen molar-refractivity contribution in [3.8, 4) is 0 Å². The zero-order valence-electron chi connectivity index (χ0n) is 20.1. The quantitative estimate of drug-likeness (QED) is 0.381. The molecule has 3 heterocycles. The first-order valence-electron chi connectivity index (χ1n) is 12.4. The number of hydrogen-bond acceptors (Lipinski definition) is 4. The lowest BCUT2D eigenvalue weighted by molar-refractivity contribution is 0.0908. The molecule has 1 aliphatic heterocycles. The second-order valence-corrected chi connectivity index (χ2v) is 9.50. The Morgan fingerprint density at radius 3 is 2.76 bits per heavy atom.